The molecule has 0 saturated heterocycles. The molecule has 0 radical (unpaired) electrons. The number of carbonyl (C=O) groups is 1. The minimum Gasteiger partial charge on any atom is -0.497 e. The number of amides is 1. The summed E-state index contributed by atoms with van der Waals surface area (Å²) >= 11 is 1.17. The Hall–Kier alpha value is -2.60. The van der Waals surface area contributed by atoms with E-state index in [1.54, 1.807) is 24.8 Å². The van der Waals surface area contributed by atoms with Gasteiger partial charge in [-0.1, -0.05) is 23.5 Å². The second-order valence-electron chi connectivity index (χ2n) is 5.18. The summed E-state index contributed by atoms with van der Waals surface area (Å²) in [6.07, 6.45) is 0.285. The van der Waals surface area contributed by atoms with E-state index in [1.165, 1.54) is 11.3 Å². The summed E-state index contributed by atoms with van der Waals surface area (Å²) in [5, 5.41) is 2.87. The minimum atomic E-state index is -0.0993. The number of anilines is 1. The number of methoxy groups -OCH3 is 1. The van der Waals surface area contributed by atoms with Crippen molar-refractivity contribution in [3.63, 3.8) is 0 Å². The number of nitrogens with one attached hydrogen (secondary N) is 1. The largest absolute Gasteiger partial charge is 0.497 e. The van der Waals surface area contributed by atoms with E-state index in [-0.39, 0.29) is 17.2 Å². The highest BCUT2D eigenvalue weighted by atomic mass is 32.1. The molecule has 0 unspecified atom stereocenters. The molecule has 1 amide bonds. The van der Waals surface area contributed by atoms with E-state index in [4.69, 9.17) is 4.74 Å². The molecule has 0 spiro atoms. The van der Waals surface area contributed by atoms with Gasteiger partial charge < -0.3 is 14.6 Å². The first-order chi connectivity index (χ1) is 11.1. The predicted molar refractivity (Wildman–Crippen MR) is 92.4 cm³/mol. The Morgan fingerprint density at radius 1 is 1.22 bits per heavy atom. The van der Waals surface area contributed by atoms with Gasteiger partial charge in [0.25, 0.3) is 0 Å². The first kappa shape index (κ1) is 15.3. The SMILES string of the molecule is COc1ccc(CC(=O)Nc2ccc3c(c2)sc(=O)n3C)cc1. The van der Waals surface area contributed by atoms with Crippen LogP contribution in [0.25, 0.3) is 10.2 Å². The van der Waals surface area contributed by atoms with Gasteiger partial charge in [0, 0.05) is 12.7 Å². The van der Waals surface area contributed by atoms with E-state index in [1.807, 2.05) is 36.4 Å². The van der Waals surface area contributed by atoms with Crippen molar-refractivity contribution < 1.29 is 9.53 Å². The molecule has 0 aliphatic heterocycles. The van der Waals surface area contributed by atoms with E-state index in [0.29, 0.717) is 5.69 Å². The standard InChI is InChI=1S/C17H16N2O3S/c1-19-14-8-5-12(10-15(14)23-17(19)21)18-16(20)9-11-3-6-13(22-2)7-4-11/h3-8,10H,9H2,1-2H3,(H,18,20). The van der Waals surface area contributed by atoms with Crippen LogP contribution in [0.5, 0.6) is 5.75 Å². The molecular weight excluding hydrogens is 312 g/mol. The minimum absolute atomic E-state index is 0.0123. The van der Waals surface area contributed by atoms with E-state index >= 15 is 0 Å². The Labute approximate surface area is 137 Å². The Morgan fingerprint density at radius 3 is 2.65 bits per heavy atom. The van der Waals surface area contributed by atoms with Crippen molar-refractivity contribution >= 4 is 33.1 Å². The van der Waals surface area contributed by atoms with Gasteiger partial charge in [-0.2, -0.15) is 0 Å². The normalized spacial score (nSPS) is 10.7. The summed E-state index contributed by atoms with van der Waals surface area (Å²) in [5.74, 6) is 0.663. The van der Waals surface area contributed by atoms with Crippen LogP contribution in [0.4, 0.5) is 5.69 Å². The van der Waals surface area contributed by atoms with Gasteiger partial charge in [0.05, 0.1) is 23.7 Å². The van der Waals surface area contributed by atoms with E-state index in [2.05, 4.69) is 5.32 Å². The maximum atomic E-state index is 12.1. The Bertz CT molecular complexity index is 910. The number of hydrogen-bond acceptors (Lipinski definition) is 4. The Kier molecular flexibility index (Phi) is 4.16. The predicted octanol–water partition coefficient (Wildman–Crippen LogP) is 2.79. The third kappa shape index (κ3) is 3.27. The zero-order valence-electron chi connectivity index (χ0n) is 12.8. The molecule has 1 aromatic heterocycles. The number of rotatable bonds is 4. The van der Waals surface area contributed by atoms with Crippen LogP contribution in [0.2, 0.25) is 0 Å². The van der Waals surface area contributed by atoms with Crippen LogP contribution in [0, 0.1) is 0 Å². The van der Waals surface area contributed by atoms with Crippen LogP contribution in [0.15, 0.2) is 47.3 Å². The summed E-state index contributed by atoms with van der Waals surface area (Å²) in [5.41, 5.74) is 2.47. The lowest BCUT2D eigenvalue weighted by Gasteiger charge is -2.06. The number of aromatic nitrogens is 1. The molecule has 118 valence electrons. The van der Waals surface area contributed by atoms with E-state index < -0.39 is 0 Å². The van der Waals surface area contributed by atoms with Crippen LogP contribution in [-0.2, 0) is 18.3 Å². The van der Waals surface area contributed by atoms with Crippen molar-refractivity contribution in [2.24, 2.45) is 7.05 Å². The number of thiazole rings is 1. The molecule has 0 aliphatic carbocycles. The van der Waals surface area contributed by atoms with Gasteiger partial charge in [-0.05, 0) is 35.9 Å². The lowest BCUT2D eigenvalue weighted by Crippen LogP contribution is -2.14. The summed E-state index contributed by atoms with van der Waals surface area (Å²) in [4.78, 5) is 23.8. The smallest absolute Gasteiger partial charge is 0.307 e. The first-order valence-corrected chi connectivity index (χ1v) is 7.91. The highest BCUT2D eigenvalue weighted by Crippen LogP contribution is 2.21. The molecule has 0 saturated carbocycles. The monoisotopic (exact) mass is 328 g/mol. The van der Waals surface area contributed by atoms with Gasteiger partial charge in [0.15, 0.2) is 0 Å². The highest BCUT2D eigenvalue weighted by Gasteiger charge is 2.08. The second kappa shape index (κ2) is 6.26. The van der Waals surface area contributed by atoms with Crippen molar-refractivity contribution in [3.05, 3.63) is 57.7 Å². The molecule has 0 bridgehead atoms. The Balaban J connectivity index is 1.73. The summed E-state index contributed by atoms with van der Waals surface area (Å²) in [7, 11) is 3.35. The molecule has 2 aromatic carbocycles. The van der Waals surface area contributed by atoms with Gasteiger partial charge in [-0.15, -0.1) is 0 Å². The number of carbonyl (C=O) groups excluding carboxylic acids is 1. The van der Waals surface area contributed by atoms with Crippen LogP contribution >= 0.6 is 11.3 Å². The molecule has 0 atom stereocenters. The summed E-state index contributed by atoms with van der Waals surface area (Å²) < 4.78 is 7.56. The summed E-state index contributed by atoms with van der Waals surface area (Å²) in [6.45, 7) is 0. The Morgan fingerprint density at radius 2 is 1.96 bits per heavy atom. The topological polar surface area (TPSA) is 60.3 Å². The highest BCUT2D eigenvalue weighted by molar-refractivity contribution is 7.16. The third-order valence-electron chi connectivity index (χ3n) is 3.60. The third-order valence-corrected chi connectivity index (χ3v) is 4.60. The quantitative estimate of drug-likeness (QED) is 0.801. The number of benzene rings is 2. The first-order valence-electron chi connectivity index (χ1n) is 7.09. The number of hydrogen-bond donors (Lipinski definition) is 1. The van der Waals surface area contributed by atoms with Gasteiger partial charge in [0.2, 0.25) is 5.91 Å². The molecule has 3 rings (SSSR count). The number of ether oxygens (including phenoxy) is 1. The average molecular weight is 328 g/mol. The van der Waals surface area contributed by atoms with Crippen molar-refractivity contribution in [3.8, 4) is 5.75 Å². The number of fused-ring (bicyclic) bond motifs is 1. The molecule has 1 N–H and O–H groups in total. The van der Waals surface area contributed by atoms with Crippen LogP contribution in [0.3, 0.4) is 0 Å². The van der Waals surface area contributed by atoms with E-state index in [0.717, 1.165) is 21.5 Å². The van der Waals surface area contributed by atoms with Crippen molar-refractivity contribution in [1.29, 1.82) is 0 Å². The van der Waals surface area contributed by atoms with Gasteiger partial charge >= 0.3 is 4.87 Å². The molecule has 23 heavy (non-hydrogen) atoms. The summed E-state index contributed by atoms with van der Waals surface area (Å²) in [6, 6.07) is 12.9. The fourth-order valence-electron chi connectivity index (χ4n) is 2.35. The zero-order chi connectivity index (χ0) is 16.4. The molecule has 5 nitrogen and oxygen atoms in total. The van der Waals surface area contributed by atoms with Gasteiger partial charge in [-0.3, -0.25) is 9.59 Å². The number of nitrogens with zero attached hydrogens (tertiary/aromatic N) is 1. The molecule has 0 aliphatic rings. The fourth-order valence-corrected chi connectivity index (χ4v) is 3.26. The average Bonchev–Trinajstić information content (AvgIpc) is 2.82. The van der Waals surface area contributed by atoms with Gasteiger partial charge in [-0.25, -0.2) is 0 Å². The molecule has 1 heterocycles. The molecule has 0 fully saturated rings. The zero-order valence-corrected chi connectivity index (χ0v) is 13.6. The van der Waals surface area contributed by atoms with Crippen LogP contribution in [-0.4, -0.2) is 17.6 Å². The fraction of sp³-hybridized carbons (Fsp3) is 0.176. The van der Waals surface area contributed by atoms with Gasteiger partial charge in [0.1, 0.15) is 5.75 Å². The molecule has 6 heteroatoms. The van der Waals surface area contributed by atoms with Crippen molar-refractivity contribution in [2.75, 3.05) is 12.4 Å². The second-order valence-corrected chi connectivity index (χ2v) is 6.18. The maximum absolute atomic E-state index is 12.1. The van der Waals surface area contributed by atoms with Crippen molar-refractivity contribution in [2.45, 2.75) is 6.42 Å². The lowest BCUT2D eigenvalue weighted by molar-refractivity contribution is -0.115. The molecular formula is C17H16N2O3S. The number of aryl methyl sites for hydroxylation is 1. The lowest BCUT2D eigenvalue weighted by atomic mass is 10.1. The van der Waals surface area contributed by atoms with E-state index in [9.17, 15) is 9.59 Å². The van der Waals surface area contributed by atoms with Crippen molar-refractivity contribution in [1.82, 2.24) is 4.57 Å². The van der Waals surface area contributed by atoms with Crippen LogP contribution in [0.1, 0.15) is 5.56 Å². The molecule has 3 aromatic rings. The van der Waals surface area contributed by atoms with Crippen LogP contribution < -0.4 is 14.9 Å². The maximum Gasteiger partial charge on any atom is 0.307 e.